The van der Waals surface area contributed by atoms with E-state index in [1.807, 2.05) is 7.05 Å². The molecule has 0 unspecified atom stereocenters. The molecule has 3 rings (SSSR count). The van der Waals surface area contributed by atoms with Crippen molar-refractivity contribution in [3.05, 3.63) is 5.69 Å². The minimum absolute atomic E-state index is 0.766. The normalized spacial score (nSPS) is 16.6. The molecule has 0 spiro atoms. The monoisotopic (exact) mass is 307 g/mol. The summed E-state index contributed by atoms with van der Waals surface area (Å²) in [4.78, 5) is 7.89. The van der Waals surface area contributed by atoms with E-state index in [1.54, 1.807) is 0 Å². The molecule has 0 bridgehead atoms. The van der Waals surface area contributed by atoms with Crippen LogP contribution in [0.25, 0.3) is 10.7 Å². The van der Waals surface area contributed by atoms with Gasteiger partial charge < -0.3 is 10.2 Å². The third-order valence-corrected chi connectivity index (χ3v) is 4.74. The molecule has 1 saturated heterocycles. The minimum atomic E-state index is 0.766. The first-order chi connectivity index (χ1) is 10.3. The highest BCUT2D eigenvalue weighted by Gasteiger charge is 2.22. The molecule has 21 heavy (non-hydrogen) atoms. The second-order valence-electron chi connectivity index (χ2n) is 5.37. The van der Waals surface area contributed by atoms with E-state index in [1.165, 1.54) is 24.4 Å². The van der Waals surface area contributed by atoms with Crippen LogP contribution in [-0.4, -0.2) is 51.5 Å². The third kappa shape index (κ3) is 3.06. The van der Waals surface area contributed by atoms with E-state index >= 15 is 0 Å². The van der Waals surface area contributed by atoms with E-state index in [-0.39, 0.29) is 0 Å². The van der Waals surface area contributed by atoms with Crippen molar-refractivity contribution in [1.29, 1.82) is 0 Å². The Bertz CT molecular complexity index is 571. The van der Waals surface area contributed by atoms with E-state index < -0.39 is 0 Å². The molecule has 2 aromatic heterocycles. The van der Waals surface area contributed by atoms with Gasteiger partial charge in [0.25, 0.3) is 0 Å². The van der Waals surface area contributed by atoms with Crippen molar-refractivity contribution in [2.45, 2.75) is 26.2 Å². The largest absolute Gasteiger partial charge is 0.340 e. The van der Waals surface area contributed by atoms with Crippen LogP contribution in [-0.2, 0) is 6.42 Å². The Morgan fingerprint density at radius 1 is 1.38 bits per heavy atom. The maximum atomic E-state index is 4.63. The minimum Gasteiger partial charge on any atom is -0.340 e. The van der Waals surface area contributed by atoms with Crippen molar-refractivity contribution in [3.63, 3.8) is 0 Å². The first kappa shape index (κ1) is 14.4. The van der Waals surface area contributed by atoms with Gasteiger partial charge in [-0.25, -0.2) is 0 Å². The van der Waals surface area contributed by atoms with Crippen LogP contribution in [0.4, 0.5) is 5.95 Å². The quantitative estimate of drug-likeness (QED) is 0.867. The van der Waals surface area contributed by atoms with Crippen molar-refractivity contribution in [2.75, 3.05) is 31.6 Å². The molecule has 1 fully saturated rings. The Morgan fingerprint density at radius 3 is 2.90 bits per heavy atom. The highest BCUT2D eigenvalue weighted by atomic mass is 32.1. The predicted octanol–water partition coefficient (Wildman–Crippen LogP) is 1.32. The number of nitrogens with one attached hydrogen (secondary N) is 2. The van der Waals surface area contributed by atoms with Gasteiger partial charge in [0.2, 0.25) is 5.95 Å². The lowest BCUT2D eigenvalue weighted by atomic mass is 9.97. The molecule has 0 aliphatic carbocycles. The summed E-state index contributed by atoms with van der Waals surface area (Å²) in [6, 6.07) is 0. The Kier molecular flexibility index (Phi) is 4.45. The molecule has 114 valence electrons. The molecule has 2 N–H and O–H groups in total. The topological polar surface area (TPSA) is 82.6 Å². The van der Waals surface area contributed by atoms with Crippen molar-refractivity contribution >= 4 is 17.5 Å². The van der Waals surface area contributed by atoms with Crippen LogP contribution >= 0.6 is 11.5 Å². The molecule has 0 atom stereocenters. The Labute approximate surface area is 128 Å². The summed E-state index contributed by atoms with van der Waals surface area (Å²) in [6.07, 6.45) is 3.23. The molecule has 0 aromatic carbocycles. The lowest BCUT2D eigenvalue weighted by Crippen LogP contribution is -2.37. The maximum absolute atomic E-state index is 4.63. The van der Waals surface area contributed by atoms with Crippen LogP contribution < -0.4 is 10.2 Å². The number of rotatable bonds is 5. The van der Waals surface area contributed by atoms with Crippen LogP contribution in [0.2, 0.25) is 0 Å². The third-order valence-electron chi connectivity index (χ3n) is 3.97. The van der Waals surface area contributed by atoms with E-state index in [4.69, 9.17) is 0 Å². The second kappa shape index (κ2) is 6.48. The predicted molar refractivity (Wildman–Crippen MR) is 83.5 cm³/mol. The van der Waals surface area contributed by atoms with Gasteiger partial charge in [-0.05, 0) is 50.3 Å². The van der Waals surface area contributed by atoms with Gasteiger partial charge in [0.05, 0.1) is 5.69 Å². The van der Waals surface area contributed by atoms with Gasteiger partial charge in [-0.3, -0.25) is 5.10 Å². The number of hydrogen-bond donors (Lipinski definition) is 2. The van der Waals surface area contributed by atoms with Crippen molar-refractivity contribution in [2.24, 2.45) is 5.92 Å². The van der Waals surface area contributed by atoms with Gasteiger partial charge in [-0.1, -0.05) is 11.4 Å². The highest BCUT2D eigenvalue weighted by molar-refractivity contribution is 7.09. The molecule has 0 radical (unpaired) electrons. The van der Waals surface area contributed by atoms with Crippen LogP contribution in [0.1, 0.15) is 25.5 Å². The van der Waals surface area contributed by atoms with E-state index in [0.29, 0.717) is 0 Å². The standard InChI is InChI=1S/C13H21N7S/c1-3-10-11(21-19-16-10)12-15-13(18-17-12)20-6-4-9(5-7-20)8-14-2/h9,14H,3-8H2,1-2H3,(H,15,17,18). The zero-order chi connectivity index (χ0) is 14.7. The van der Waals surface area contributed by atoms with Gasteiger partial charge in [0, 0.05) is 13.1 Å². The Hall–Kier alpha value is -1.54. The van der Waals surface area contributed by atoms with E-state index in [0.717, 1.165) is 54.3 Å². The summed E-state index contributed by atoms with van der Waals surface area (Å²) in [5, 5.41) is 14.8. The van der Waals surface area contributed by atoms with Crippen molar-refractivity contribution in [3.8, 4) is 10.7 Å². The summed E-state index contributed by atoms with van der Waals surface area (Å²) < 4.78 is 4.00. The molecule has 1 aliphatic heterocycles. The maximum Gasteiger partial charge on any atom is 0.245 e. The Balaban J connectivity index is 1.69. The first-order valence-corrected chi connectivity index (χ1v) is 8.22. The van der Waals surface area contributed by atoms with Crippen LogP contribution in [0, 0.1) is 5.92 Å². The smallest absolute Gasteiger partial charge is 0.245 e. The molecule has 0 saturated carbocycles. The molecular weight excluding hydrogens is 286 g/mol. The number of anilines is 1. The average molecular weight is 307 g/mol. The van der Waals surface area contributed by atoms with Gasteiger partial charge in [0.1, 0.15) is 4.88 Å². The van der Waals surface area contributed by atoms with Gasteiger partial charge >= 0.3 is 0 Å². The van der Waals surface area contributed by atoms with Crippen molar-refractivity contribution < 1.29 is 0 Å². The highest BCUT2D eigenvalue weighted by Crippen LogP contribution is 2.26. The molecular formula is C13H21N7S. The average Bonchev–Trinajstić information content (AvgIpc) is 3.17. The Morgan fingerprint density at radius 2 is 2.19 bits per heavy atom. The van der Waals surface area contributed by atoms with E-state index in [2.05, 4.69) is 41.9 Å². The fourth-order valence-corrected chi connectivity index (χ4v) is 3.43. The summed E-state index contributed by atoms with van der Waals surface area (Å²) in [6.45, 7) is 5.21. The lowest BCUT2D eigenvalue weighted by Gasteiger charge is -2.30. The van der Waals surface area contributed by atoms with Gasteiger partial charge in [0.15, 0.2) is 5.82 Å². The SMILES string of the molecule is CCc1nnsc1-c1nc(N2CCC(CNC)CC2)n[nH]1. The molecule has 1 aliphatic rings. The molecule has 8 heteroatoms. The summed E-state index contributed by atoms with van der Waals surface area (Å²) in [5.41, 5.74) is 0.982. The molecule has 0 amide bonds. The summed E-state index contributed by atoms with van der Waals surface area (Å²) >= 11 is 1.37. The van der Waals surface area contributed by atoms with Crippen LogP contribution in [0.3, 0.4) is 0 Å². The van der Waals surface area contributed by atoms with Gasteiger partial charge in [-0.2, -0.15) is 4.98 Å². The fourth-order valence-electron chi connectivity index (χ4n) is 2.74. The van der Waals surface area contributed by atoms with E-state index in [9.17, 15) is 0 Å². The zero-order valence-corrected chi connectivity index (χ0v) is 13.3. The number of nitrogens with zero attached hydrogens (tertiary/aromatic N) is 5. The van der Waals surface area contributed by atoms with Crippen LogP contribution in [0.5, 0.6) is 0 Å². The summed E-state index contributed by atoms with van der Waals surface area (Å²) in [7, 11) is 2.02. The number of hydrogen-bond acceptors (Lipinski definition) is 7. The molecule has 7 nitrogen and oxygen atoms in total. The number of piperidine rings is 1. The second-order valence-corrected chi connectivity index (χ2v) is 6.13. The van der Waals surface area contributed by atoms with Crippen LogP contribution in [0.15, 0.2) is 0 Å². The first-order valence-electron chi connectivity index (χ1n) is 7.45. The lowest BCUT2D eigenvalue weighted by molar-refractivity contribution is 0.391. The number of aromatic nitrogens is 5. The number of H-pyrrole nitrogens is 1. The van der Waals surface area contributed by atoms with Gasteiger partial charge in [-0.15, -0.1) is 10.2 Å². The number of aryl methyl sites for hydroxylation is 1. The number of aromatic amines is 1. The summed E-state index contributed by atoms with van der Waals surface area (Å²) in [5.74, 6) is 2.35. The van der Waals surface area contributed by atoms with Crippen molar-refractivity contribution in [1.82, 2.24) is 30.1 Å². The fraction of sp³-hybridized carbons (Fsp3) is 0.692. The zero-order valence-electron chi connectivity index (χ0n) is 12.5. The molecule has 3 heterocycles. The molecule has 2 aromatic rings.